The molecule has 2 atom stereocenters. The fraction of sp³-hybridized carbons (Fsp3) is 0.533. The zero-order valence-corrected chi connectivity index (χ0v) is 10.8. The van der Waals surface area contributed by atoms with Crippen molar-refractivity contribution in [2.45, 2.75) is 39.5 Å². The predicted molar refractivity (Wildman–Crippen MR) is 68.2 cm³/mol. The summed E-state index contributed by atoms with van der Waals surface area (Å²) < 4.78 is 0. The molecule has 1 N–H and O–H groups in total. The van der Waals surface area contributed by atoms with Crippen LogP contribution in [-0.4, -0.2) is 17.5 Å². The summed E-state index contributed by atoms with van der Waals surface area (Å²) >= 11 is 0. The second kappa shape index (κ2) is 4.61. The Morgan fingerprint density at radius 1 is 1.47 bits per heavy atom. The van der Waals surface area contributed by atoms with Crippen LogP contribution in [-0.2, 0) is 11.2 Å². The van der Waals surface area contributed by atoms with E-state index in [1.807, 2.05) is 6.92 Å². The van der Waals surface area contributed by atoms with Gasteiger partial charge in [0, 0.05) is 11.8 Å². The number of ketones is 1. The molecule has 1 aliphatic carbocycles. The minimum atomic E-state index is -0.244. The number of carbonyl (C=O) groups excluding carboxylic acids is 1. The Balaban J connectivity index is 2.37. The van der Waals surface area contributed by atoms with Crippen molar-refractivity contribution in [1.29, 1.82) is 0 Å². The highest BCUT2D eigenvalue weighted by Crippen LogP contribution is 2.37. The van der Waals surface area contributed by atoms with E-state index < -0.39 is 0 Å². The molecule has 1 aromatic rings. The fourth-order valence-electron chi connectivity index (χ4n) is 2.86. The van der Waals surface area contributed by atoms with Crippen LogP contribution in [0.4, 0.5) is 0 Å². The van der Waals surface area contributed by atoms with Crippen LogP contribution >= 0.6 is 0 Å². The van der Waals surface area contributed by atoms with Gasteiger partial charge in [0.05, 0.1) is 6.61 Å². The van der Waals surface area contributed by atoms with E-state index in [0.29, 0.717) is 0 Å². The molecular formula is C15H20O2. The molecule has 0 bridgehead atoms. The quantitative estimate of drug-likeness (QED) is 0.869. The molecule has 1 aromatic carbocycles. The molecule has 0 amide bonds. The van der Waals surface area contributed by atoms with Crippen LogP contribution < -0.4 is 0 Å². The third-order valence-corrected chi connectivity index (χ3v) is 3.81. The molecule has 2 unspecified atom stereocenters. The average molecular weight is 232 g/mol. The highest BCUT2D eigenvalue weighted by atomic mass is 16.3. The minimum absolute atomic E-state index is 0.00532. The van der Waals surface area contributed by atoms with Crippen LogP contribution in [0, 0.1) is 19.8 Å². The number of aliphatic hydroxyl groups is 1. The Hall–Kier alpha value is -1.15. The summed E-state index contributed by atoms with van der Waals surface area (Å²) in [6, 6.07) is 4.32. The number of benzene rings is 1. The molecule has 0 aromatic heterocycles. The third-order valence-electron chi connectivity index (χ3n) is 3.81. The molecule has 0 fully saturated rings. The van der Waals surface area contributed by atoms with Crippen molar-refractivity contribution in [2.24, 2.45) is 5.92 Å². The number of carbonyl (C=O) groups is 1. The van der Waals surface area contributed by atoms with Crippen LogP contribution in [0.25, 0.3) is 0 Å². The van der Waals surface area contributed by atoms with E-state index in [2.05, 4.69) is 26.0 Å². The number of fused-ring (bicyclic) bond motifs is 1. The zero-order valence-electron chi connectivity index (χ0n) is 10.8. The fourth-order valence-corrected chi connectivity index (χ4v) is 2.86. The van der Waals surface area contributed by atoms with Gasteiger partial charge in [-0.2, -0.15) is 0 Å². The van der Waals surface area contributed by atoms with Crippen LogP contribution in [0.15, 0.2) is 12.1 Å². The topological polar surface area (TPSA) is 37.3 Å². The Labute approximate surface area is 103 Å². The van der Waals surface area contributed by atoms with E-state index in [1.165, 1.54) is 22.3 Å². The lowest BCUT2D eigenvalue weighted by Gasteiger charge is -2.15. The lowest BCUT2D eigenvalue weighted by atomic mass is 9.88. The summed E-state index contributed by atoms with van der Waals surface area (Å²) in [4.78, 5) is 12.2. The number of hydrogen-bond acceptors (Lipinski definition) is 2. The highest BCUT2D eigenvalue weighted by molar-refractivity contribution is 5.89. The van der Waals surface area contributed by atoms with Crippen LogP contribution in [0.3, 0.4) is 0 Å². The Kier molecular flexibility index (Phi) is 3.34. The second-order valence-electron chi connectivity index (χ2n) is 5.23. The minimum Gasteiger partial charge on any atom is -0.396 e. The molecule has 0 spiro atoms. The van der Waals surface area contributed by atoms with Gasteiger partial charge in [-0.15, -0.1) is 0 Å². The van der Waals surface area contributed by atoms with Gasteiger partial charge in [0.15, 0.2) is 0 Å². The van der Waals surface area contributed by atoms with Gasteiger partial charge in [-0.05, 0) is 43.4 Å². The van der Waals surface area contributed by atoms with Crippen LogP contribution in [0.5, 0.6) is 0 Å². The normalized spacial score (nSPS) is 20.1. The lowest BCUT2D eigenvalue weighted by molar-refractivity contribution is -0.124. The van der Waals surface area contributed by atoms with Crippen molar-refractivity contribution in [1.82, 2.24) is 0 Å². The maximum absolute atomic E-state index is 12.2. The molecule has 92 valence electrons. The number of aryl methyl sites for hydroxylation is 2. The van der Waals surface area contributed by atoms with Crippen molar-refractivity contribution in [3.05, 3.63) is 34.4 Å². The van der Waals surface area contributed by atoms with Crippen molar-refractivity contribution in [3.8, 4) is 0 Å². The molecule has 0 aliphatic heterocycles. The van der Waals surface area contributed by atoms with Crippen molar-refractivity contribution in [2.75, 3.05) is 6.61 Å². The molecule has 1 aliphatic rings. The average Bonchev–Trinajstić information content (AvgIpc) is 2.70. The summed E-state index contributed by atoms with van der Waals surface area (Å²) in [6.07, 6.45) is 1.90. The molecule has 2 rings (SSSR count). The van der Waals surface area contributed by atoms with Gasteiger partial charge in [0.25, 0.3) is 0 Å². The predicted octanol–water partition coefficient (Wildman–Crippen LogP) is 2.53. The number of aliphatic hydroxyl groups excluding tert-OH is 1. The first-order valence-electron chi connectivity index (χ1n) is 6.29. The molecule has 17 heavy (non-hydrogen) atoms. The van der Waals surface area contributed by atoms with Crippen LogP contribution in [0.2, 0.25) is 0 Å². The summed E-state index contributed by atoms with van der Waals surface area (Å²) in [5.74, 6) is -0.0474. The monoisotopic (exact) mass is 232 g/mol. The molecule has 2 nitrogen and oxygen atoms in total. The molecule has 0 saturated heterocycles. The van der Waals surface area contributed by atoms with E-state index in [1.54, 1.807) is 0 Å². The standard InChI is InChI=1S/C15H20O2/c1-9-6-10(2)12-4-5-13(14(12)7-9)15(17)11(3)8-16/h6-7,11,13,16H,4-5,8H2,1-3H3. The summed E-state index contributed by atoms with van der Waals surface area (Å²) in [5, 5.41) is 9.10. The largest absolute Gasteiger partial charge is 0.396 e. The smallest absolute Gasteiger partial charge is 0.145 e. The SMILES string of the molecule is Cc1cc(C)c2c(c1)C(C(=O)C(C)CO)CC2. The van der Waals surface area contributed by atoms with Gasteiger partial charge in [-0.1, -0.05) is 24.6 Å². The van der Waals surface area contributed by atoms with Crippen molar-refractivity contribution < 1.29 is 9.90 Å². The summed E-state index contributed by atoms with van der Waals surface area (Å²) in [6.45, 7) is 5.95. The molecular weight excluding hydrogens is 212 g/mol. The Bertz CT molecular complexity index is 448. The van der Waals surface area contributed by atoms with Gasteiger partial charge < -0.3 is 5.11 Å². The van der Waals surface area contributed by atoms with Crippen molar-refractivity contribution >= 4 is 5.78 Å². The molecule has 2 heteroatoms. The summed E-state index contributed by atoms with van der Waals surface area (Å²) in [7, 11) is 0. The number of rotatable bonds is 3. The second-order valence-corrected chi connectivity index (χ2v) is 5.23. The maximum Gasteiger partial charge on any atom is 0.145 e. The first-order valence-corrected chi connectivity index (χ1v) is 6.29. The molecule has 0 radical (unpaired) electrons. The Morgan fingerprint density at radius 3 is 2.82 bits per heavy atom. The van der Waals surface area contributed by atoms with Gasteiger partial charge in [0.2, 0.25) is 0 Å². The van der Waals surface area contributed by atoms with Gasteiger partial charge >= 0.3 is 0 Å². The van der Waals surface area contributed by atoms with E-state index >= 15 is 0 Å². The van der Waals surface area contributed by atoms with Crippen molar-refractivity contribution in [3.63, 3.8) is 0 Å². The first-order chi connectivity index (χ1) is 8.04. The van der Waals surface area contributed by atoms with E-state index in [-0.39, 0.29) is 24.2 Å². The van der Waals surface area contributed by atoms with E-state index in [0.717, 1.165) is 12.8 Å². The molecule has 0 heterocycles. The first kappa shape index (κ1) is 12.3. The highest BCUT2D eigenvalue weighted by Gasteiger charge is 2.31. The van der Waals surface area contributed by atoms with E-state index in [4.69, 9.17) is 5.11 Å². The maximum atomic E-state index is 12.2. The zero-order chi connectivity index (χ0) is 12.6. The number of hydrogen-bond donors (Lipinski definition) is 1. The Morgan fingerprint density at radius 2 is 2.18 bits per heavy atom. The van der Waals surface area contributed by atoms with Gasteiger partial charge in [-0.25, -0.2) is 0 Å². The lowest BCUT2D eigenvalue weighted by Crippen LogP contribution is -2.21. The molecule has 0 saturated carbocycles. The number of Topliss-reactive ketones (excluding diaryl/α,β-unsaturated/α-hetero) is 1. The van der Waals surface area contributed by atoms with Gasteiger partial charge in [0.1, 0.15) is 5.78 Å². The van der Waals surface area contributed by atoms with Gasteiger partial charge in [-0.3, -0.25) is 4.79 Å². The third kappa shape index (κ3) is 2.14. The van der Waals surface area contributed by atoms with E-state index in [9.17, 15) is 4.79 Å². The van der Waals surface area contributed by atoms with Crippen LogP contribution in [0.1, 0.15) is 41.5 Å². The summed E-state index contributed by atoms with van der Waals surface area (Å²) in [5.41, 5.74) is 5.07.